The number of carboxylic acids is 1. The molecule has 1 aliphatic heterocycles. The number of carbonyl (C=O) groups excluding carboxylic acids is 1. The number of nitrogens with zero attached hydrogens (tertiary/aromatic N) is 1. The summed E-state index contributed by atoms with van der Waals surface area (Å²) < 4.78 is 11.0. The fourth-order valence-corrected chi connectivity index (χ4v) is 4.12. The third-order valence-corrected chi connectivity index (χ3v) is 5.83. The zero-order valence-corrected chi connectivity index (χ0v) is 16.0. The van der Waals surface area contributed by atoms with Crippen LogP contribution in [0.25, 0.3) is 0 Å². The molecule has 1 unspecified atom stereocenters. The second kappa shape index (κ2) is 8.74. The number of carboxylic acid groups (broad SMARTS) is 1. The lowest BCUT2D eigenvalue weighted by Crippen LogP contribution is -2.40. The normalized spacial score (nSPS) is 23.4. The van der Waals surface area contributed by atoms with E-state index in [-0.39, 0.29) is 19.1 Å². The van der Waals surface area contributed by atoms with Gasteiger partial charge >= 0.3 is 5.97 Å². The molecule has 1 N–H and O–H groups in total. The molecule has 2 fully saturated rings. The first-order valence-corrected chi connectivity index (χ1v) is 9.78. The van der Waals surface area contributed by atoms with Gasteiger partial charge in [0, 0.05) is 25.8 Å². The molecule has 6 heteroatoms. The molecule has 148 valence electrons. The predicted molar refractivity (Wildman–Crippen MR) is 101 cm³/mol. The molecule has 1 atom stereocenters. The van der Waals surface area contributed by atoms with Gasteiger partial charge in [-0.2, -0.15) is 0 Å². The summed E-state index contributed by atoms with van der Waals surface area (Å²) in [7, 11) is 1.49. The van der Waals surface area contributed by atoms with Crippen molar-refractivity contribution < 1.29 is 24.2 Å². The average molecular weight is 375 g/mol. The number of amides is 1. The van der Waals surface area contributed by atoms with Crippen LogP contribution >= 0.6 is 0 Å². The summed E-state index contributed by atoms with van der Waals surface area (Å²) in [6.45, 7) is 1.45. The summed E-state index contributed by atoms with van der Waals surface area (Å²) in [4.78, 5) is 26.0. The fraction of sp³-hybridized carbons (Fsp3) is 0.619. The van der Waals surface area contributed by atoms with Crippen LogP contribution in [0, 0.1) is 11.3 Å². The van der Waals surface area contributed by atoms with Crippen molar-refractivity contribution in [2.45, 2.75) is 38.5 Å². The Hall–Kier alpha value is -2.08. The van der Waals surface area contributed by atoms with Crippen LogP contribution in [-0.2, 0) is 9.53 Å². The van der Waals surface area contributed by atoms with Gasteiger partial charge in [-0.05, 0) is 49.4 Å². The second-order valence-electron chi connectivity index (χ2n) is 7.83. The number of likely N-dealkylation sites (tertiary alicyclic amines) is 1. The summed E-state index contributed by atoms with van der Waals surface area (Å²) in [5.41, 5.74) is -0.452. The van der Waals surface area contributed by atoms with E-state index in [1.54, 1.807) is 17.0 Å². The van der Waals surface area contributed by atoms with E-state index in [0.29, 0.717) is 24.4 Å². The zero-order valence-electron chi connectivity index (χ0n) is 16.0. The molecule has 1 aliphatic carbocycles. The lowest BCUT2D eigenvalue weighted by atomic mass is 9.88. The van der Waals surface area contributed by atoms with Crippen LogP contribution < -0.4 is 4.74 Å². The van der Waals surface area contributed by atoms with Crippen molar-refractivity contribution in [2.24, 2.45) is 11.3 Å². The van der Waals surface area contributed by atoms with E-state index in [1.165, 1.54) is 39.2 Å². The molecule has 1 aromatic carbocycles. The quantitative estimate of drug-likeness (QED) is 0.792. The Kier molecular flexibility index (Phi) is 6.37. The highest BCUT2D eigenvalue weighted by molar-refractivity contribution is 5.95. The molecule has 0 spiro atoms. The minimum atomic E-state index is -1.01. The Bertz CT molecular complexity index is 653. The Balaban J connectivity index is 1.56. The van der Waals surface area contributed by atoms with Crippen molar-refractivity contribution in [1.29, 1.82) is 0 Å². The van der Waals surface area contributed by atoms with E-state index < -0.39 is 11.4 Å². The maximum absolute atomic E-state index is 12.7. The first-order chi connectivity index (χ1) is 13.0. The topological polar surface area (TPSA) is 76.1 Å². The summed E-state index contributed by atoms with van der Waals surface area (Å²) in [5, 5.41) is 9.53. The van der Waals surface area contributed by atoms with Crippen LogP contribution in [0.5, 0.6) is 5.75 Å². The van der Waals surface area contributed by atoms with E-state index in [1.807, 2.05) is 12.1 Å². The van der Waals surface area contributed by atoms with Gasteiger partial charge in [-0.3, -0.25) is 9.59 Å². The van der Waals surface area contributed by atoms with Crippen LogP contribution in [0.1, 0.15) is 48.9 Å². The van der Waals surface area contributed by atoms with Crippen LogP contribution in [0.3, 0.4) is 0 Å². The van der Waals surface area contributed by atoms with Gasteiger partial charge in [0.25, 0.3) is 5.91 Å². The highest BCUT2D eigenvalue weighted by atomic mass is 16.5. The monoisotopic (exact) mass is 375 g/mol. The number of benzene rings is 1. The van der Waals surface area contributed by atoms with Crippen molar-refractivity contribution >= 4 is 11.9 Å². The molecule has 1 saturated heterocycles. The van der Waals surface area contributed by atoms with Gasteiger partial charge in [0.05, 0.1) is 13.2 Å². The Morgan fingerprint density at radius 1 is 1.19 bits per heavy atom. The van der Waals surface area contributed by atoms with Crippen LogP contribution in [-0.4, -0.2) is 55.3 Å². The third-order valence-electron chi connectivity index (χ3n) is 5.83. The SMILES string of the molecule is COCC1(C(=O)O)CCN(C(=O)c2ccc(OCC3CCCCC3)cc2)C1. The van der Waals surface area contributed by atoms with Gasteiger partial charge in [-0.1, -0.05) is 19.3 Å². The molecule has 3 rings (SSSR count). The number of aliphatic carboxylic acids is 1. The van der Waals surface area contributed by atoms with E-state index in [4.69, 9.17) is 9.47 Å². The van der Waals surface area contributed by atoms with E-state index in [0.717, 1.165) is 12.4 Å². The number of hydrogen-bond acceptors (Lipinski definition) is 4. The van der Waals surface area contributed by atoms with Gasteiger partial charge in [0.1, 0.15) is 11.2 Å². The van der Waals surface area contributed by atoms with Crippen molar-refractivity contribution in [3.05, 3.63) is 29.8 Å². The standard InChI is InChI=1S/C21H29NO5/c1-26-15-21(20(24)25)11-12-22(14-21)19(23)17-7-9-18(10-8-17)27-13-16-5-3-2-4-6-16/h7-10,16H,2-6,11-15H2,1H3,(H,24,25). The van der Waals surface area contributed by atoms with Crippen molar-refractivity contribution in [1.82, 2.24) is 4.90 Å². The van der Waals surface area contributed by atoms with Gasteiger partial charge < -0.3 is 19.5 Å². The van der Waals surface area contributed by atoms with Crippen LogP contribution in [0.2, 0.25) is 0 Å². The molecule has 27 heavy (non-hydrogen) atoms. The molecule has 6 nitrogen and oxygen atoms in total. The molecule has 1 saturated carbocycles. The van der Waals surface area contributed by atoms with Gasteiger partial charge in [-0.25, -0.2) is 0 Å². The number of ether oxygens (including phenoxy) is 2. The Morgan fingerprint density at radius 3 is 2.52 bits per heavy atom. The molecular weight excluding hydrogens is 346 g/mol. The first kappa shape index (κ1) is 19.7. The number of carbonyl (C=O) groups is 2. The molecule has 2 aliphatic rings. The molecule has 1 aromatic rings. The van der Waals surface area contributed by atoms with Gasteiger partial charge in [0.15, 0.2) is 0 Å². The molecular formula is C21H29NO5. The fourth-order valence-electron chi connectivity index (χ4n) is 4.12. The summed E-state index contributed by atoms with van der Waals surface area (Å²) in [5.74, 6) is 0.353. The van der Waals surface area contributed by atoms with Crippen molar-refractivity contribution in [2.75, 3.05) is 33.4 Å². The minimum absolute atomic E-state index is 0.111. The lowest BCUT2D eigenvalue weighted by Gasteiger charge is -2.24. The minimum Gasteiger partial charge on any atom is -0.493 e. The smallest absolute Gasteiger partial charge is 0.313 e. The molecule has 0 aromatic heterocycles. The Morgan fingerprint density at radius 2 is 1.89 bits per heavy atom. The number of hydrogen-bond donors (Lipinski definition) is 1. The zero-order chi connectivity index (χ0) is 19.3. The highest BCUT2D eigenvalue weighted by Gasteiger charge is 2.46. The second-order valence-corrected chi connectivity index (χ2v) is 7.83. The van der Waals surface area contributed by atoms with Crippen molar-refractivity contribution in [3.8, 4) is 5.75 Å². The number of methoxy groups -OCH3 is 1. The predicted octanol–water partition coefficient (Wildman–Crippen LogP) is 3.21. The van der Waals surface area contributed by atoms with Crippen molar-refractivity contribution in [3.63, 3.8) is 0 Å². The van der Waals surface area contributed by atoms with E-state index in [2.05, 4.69) is 0 Å². The van der Waals surface area contributed by atoms with Crippen LogP contribution in [0.4, 0.5) is 0 Å². The summed E-state index contributed by atoms with van der Waals surface area (Å²) >= 11 is 0. The molecule has 1 heterocycles. The Labute approximate surface area is 160 Å². The highest BCUT2D eigenvalue weighted by Crippen LogP contribution is 2.32. The molecule has 1 amide bonds. The lowest BCUT2D eigenvalue weighted by molar-refractivity contribution is -0.151. The first-order valence-electron chi connectivity index (χ1n) is 9.78. The maximum Gasteiger partial charge on any atom is 0.313 e. The van der Waals surface area contributed by atoms with E-state index in [9.17, 15) is 14.7 Å². The molecule has 0 radical (unpaired) electrons. The maximum atomic E-state index is 12.7. The summed E-state index contributed by atoms with van der Waals surface area (Å²) in [6, 6.07) is 7.17. The largest absolute Gasteiger partial charge is 0.493 e. The average Bonchev–Trinajstić information content (AvgIpc) is 3.13. The summed E-state index contributed by atoms with van der Waals surface area (Å²) in [6.07, 6.45) is 6.79. The van der Waals surface area contributed by atoms with Gasteiger partial charge in [0.2, 0.25) is 0 Å². The molecule has 0 bridgehead atoms. The van der Waals surface area contributed by atoms with Crippen LogP contribution in [0.15, 0.2) is 24.3 Å². The van der Waals surface area contributed by atoms with E-state index >= 15 is 0 Å². The van der Waals surface area contributed by atoms with Gasteiger partial charge in [-0.15, -0.1) is 0 Å². The number of rotatable bonds is 7. The third kappa shape index (κ3) is 4.61.